The van der Waals surface area contributed by atoms with Gasteiger partial charge in [-0.05, 0) is 0 Å². The van der Waals surface area contributed by atoms with Crippen LogP contribution >= 0.6 is 0 Å². The van der Waals surface area contributed by atoms with Gasteiger partial charge in [-0.3, -0.25) is 0 Å². The van der Waals surface area contributed by atoms with Gasteiger partial charge in [-0.2, -0.15) is 0 Å². The van der Waals surface area contributed by atoms with Gasteiger partial charge in [-0.15, -0.1) is 0 Å². The van der Waals surface area contributed by atoms with Crippen molar-refractivity contribution < 1.29 is 23.4 Å². The van der Waals surface area contributed by atoms with Gasteiger partial charge in [0.2, 0.25) is 0 Å². The van der Waals surface area contributed by atoms with E-state index < -0.39 is 18.2 Å². The smallest absolute Gasteiger partial charge is 0.169 e. The predicted octanol–water partition coefficient (Wildman–Crippen LogP) is 1.47. The molecule has 0 saturated carbocycles. The van der Waals surface area contributed by atoms with Crippen LogP contribution in [0, 0.1) is 11.6 Å². The maximum absolute atomic E-state index is 13.1. The second-order valence-electron chi connectivity index (χ2n) is 2.54. The van der Waals surface area contributed by atoms with E-state index in [1.165, 1.54) is 14.2 Å². The first-order chi connectivity index (χ1) is 6.65. The summed E-state index contributed by atoms with van der Waals surface area (Å²) in [5.74, 6) is -2.14. The largest absolute Gasteiger partial charge is 0.493 e. The van der Waals surface area contributed by atoms with Gasteiger partial charge in [0, 0.05) is 6.07 Å². The Labute approximate surface area is 79.9 Å². The van der Waals surface area contributed by atoms with Gasteiger partial charge in [0.25, 0.3) is 0 Å². The summed E-state index contributed by atoms with van der Waals surface area (Å²) < 4.78 is 35.6. The minimum atomic E-state index is -1.12. The monoisotopic (exact) mass is 204 g/mol. The molecular formula is C9H10F2O3. The normalized spacial score (nSPS) is 10.1. The zero-order valence-corrected chi connectivity index (χ0v) is 7.80. The zero-order valence-electron chi connectivity index (χ0n) is 7.80. The van der Waals surface area contributed by atoms with E-state index in [4.69, 9.17) is 14.6 Å². The zero-order chi connectivity index (χ0) is 10.7. The lowest BCUT2D eigenvalue weighted by molar-refractivity contribution is 0.259. The third kappa shape index (κ3) is 1.63. The van der Waals surface area contributed by atoms with E-state index in [1.54, 1.807) is 0 Å². The fraction of sp³-hybridized carbons (Fsp3) is 0.333. The van der Waals surface area contributed by atoms with Crippen LogP contribution in [0.5, 0.6) is 11.5 Å². The predicted molar refractivity (Wildman–Crippen MR) is 45.4 cm³/mol. The molecule has 1 N–H and O–H groups in total. The number of hydrogen-bond acceptors (Lipinski definition) is 3. The van der Waals surface area contributed by atoms with Gasteiger partial charge in [0.15, 0.2) is 23.1 Å². The number of halogens is 2. The van der Waals surface area contributed by atoms with Gasteiger partial charge in [0.05, 0.1) is 26.4 Å². The van der Waals surface area contributed by atoms with Crippen molar-refractivity contribution in [3.63, 3.8) is 0 Å². The Morgan fingerprint density at radius 1 is 1.29 bits per heavy atom. The van der Waals surface area contributed by atoms with Crippen molar-refractivity contribution in [2.45, 2.75) is 6.61 Å². The molecule has 0 heterocycles. The Kier molecular flexibility index (Phi) is 3.24. The standard InChI is InChI=1S/C9H10F2O3/c1-13-7-3-6(10)8(11)5(4-12)9(7)14-2/h3,12H,4H2,1-2H3. The molecular weight excluding hydrogens is 194 g/mol. The van der Waals surface area contributed by atoms with Crippen molar-refractivity contribution in [1.29, 1.82) is 0 Å². The lowest BCUT2D eigenvalue weighted by Gasteiger charge is -2.12. The first-order valence-electron chi connectivity index (χ1n) is 3.85. The van der Waals surface area contributed by atoms with Crippen LogP contribution in [0.1, 0.15) is 5.56 Å². The Balaban J connectivity index is 3.42. The lowest BCUT2D eigenvalue weighted by Crippen LogP contribution is -2.01. The summed E-state index contributed by atoms with van der Waals surface area (Å²) in [6.07, 6.45) is 0. The van der Waals surface area contributed by atoms with E-state index >= 15 is 0 Å². The molecule has 1 rings (SSSR count). The highest BCUT2D eigenvalue weighted by molar-refractivity contribution is 5.47. The van der Waals surface area contributed by atoms with Crippen molar-refractivity contribution in [2.24, 2.45) is 0 Å². The second-order valence-corrected chi connectivity index (χ2v) is 2.54. The number of aliphatic hydroxyl groups is 1. The van der Waals surface area contributed by atoms with Crippen molar-refractivity contribution in [3.8, 4) is 11.5 Å². The van der Waals surface area contributed by atoms with Gasteiger partial charge < -0.3 is 14.6 Å². The van der Waals surface area contributed by atoms with E-state index in [0.29, 0.717) is 0 Å². The molecule has 0 aliphatic rings. The summed E-state index contributed by atoms with van der Waals surface area (Å²) in [5, 5.41) is 8.83. The Bertz CT molecular complexity index is 339. The molecule has 0 unspecified atom stereocenters. The number of ether oxygens (including phenoxy) is 2. The van der Waals surface area contributed by atoms with Crippen molar-refractivity contribution in [2.75, 3.05) is 14.2 Å². The summed E-state index contributed by atoms with van der Waals surface area (Å²) in [6, 6.07) is 0.868. The molecule has 0 saturated heterocycles. The molecule has 0 bridgehead atoms. The molecule has 78 valence electrons. The summed E-state index contributed by atoms with van der Waals surface area (Å²) in [6.45, 7) is -0.650. The molecule has 0 atom stereocenters. The third-order valence-corrected chi connectivity index (χ3v) is 1.81. The molecule has 0 spiro atoms. The molecule has 3 nitrogen and oxygen atoms in total. The first kappa shape index (κ1) is 10.7. The fourth-order valence-electron chi connectivity index (χ4n) is 1.15. The van der Waals surface area contributed by atoms with Crippen LogP contribution < -0.4 is 9.47 Å². The average molecular weight is 204 g/mol. The number of benzene rings is 1. The molecule has 1 aromatic carbocycles. The third-order valence-electron chi connectivity index (χ3n) is 1.81. The molecule has 0 aliphatic carbocycles. The van der Waals surface area contributed by atoms with Crippen LogP contribution in [0.15, 0.2) is 6.07 Å². The quantitative estimate of drug-likeness (QED) is 0.810. The van der Waals surface area contributed by atoms with E-state index in [9.17, 15) is 8.78 Å². The van der Waals surface area contributed by atoms with Gasteiger partial charge >= 0.3 is 0 Å². The molecule has 0 aromatic heterocycles. The van der Waals surface area contributed by atoms with Crippen molar-refractivity contribution in [1.82, 2.24) is 0 Å². The number of aliphatic hydroxyl groups excluding tert-OH is 1. The lowest BCUT2D eigenvalue weighted by atomic mass is 10.1. The first-order valence-corrected chi connectivity index (χ1v) is 3.85. The number of methoxy groups -OCH3 is 2. The molecule has 0 fully saturated rings. The van der Waals surface area contributed by atoms with Gasteiger partial charge in [-0.25, -0.2) is 8.78 Å². The number of hydrogen-bond donors (Lipinski definition) is 1. The summed E-state index contributed by atoms with van der Waals surface area (Å²) >= 11 is 0. The van der Waals surface area contributed by atoms with Crippen molar-refractivity contribution in [3.05, 3.63) is 23.3 Å². The highest BCUT2D eigenvalue weighted by Crippen LogP contribution is 2.34. The van der Waals surface area contributed by atoms with E-state index in [-0.39, 0.29) is 17.1 Å². The summed E-state index contributed by atoms with van der Waals surface area (Å²) in [4.78, 5) is 0. The molecule has 0 radical (unpaired) electrons. The minimum absolute atomic E-state index is 0.00824. The highest BCUT2D eigenvalue weighted by atomic mass is 19.2. The SMILES string of the molecule is COc1cc(F)c(F)c(CO)c1OC. The average Bonchev–Trinajstić information content (AvgIpc) is 2.20. The Morgan fingerprint density at radius 3 is 2.36 bits per heavy atom. The molecule has 0 amide bonds. The van der Waals surface area contributed by atoms with E-state index in [1.807, 2.05) is 0 Å². The molecule has 14 heavy (non-hydrogen) atoms. The fourth-order valence-corrected chi connectivity index (χ4v) is 1.15. The van der Waals surface area contributed by atoms with Crippen LogP contribution in [-0.4, -0.2) is 19.3 Å². The summed E-state index contributed by atoms with van der Waals surface area (Å²) in [5.41, 5.74) is -0.246. The van der Waals surface area contributed by atoms with Gasteiger partial charge in [0.1, 0.15) is 0 Å². The summed E-state index contributed by atoms with van der Waals surface area (Å²) in [7, 11) is 2.59. The number of rotatable bonds is 3. The van der Waals surface area contributed by atoms with Crippen LogP contribution in [0.2, 0.25) is 0 Å². The van der Waals surface area contributed by atoms with E-state index in [2.05, 4.69) is 0 Å². The van der Waals surface area contributed by atoms with Crippen LogP contribution in [0.4, 0.5) is 8.78 Å². The van der Waals surface area contributed by atoms with Gasteiger partial charge in [-0.1, -0.05) is 0 Å². The molecule has 1 aromatic rings. The molecule has 0 aliphatic heterocycles. The topological polar surface area (TPSA) is 38.7 Å². The Morgan fingerprint density at radius 2 is 1.93 bits per heavy atom. The maximum Gasteiger partial charge on any atom is 0.169 e. The minimum Gasteiger partial charge on any atom is -0.493 e. The van der Waals surface area contributed by atoms with Crippen LogP contribution in [-0.2, 0) is 6.61 Å². The van der Waals surface area contributed by atoms with Crippen molar-refractivity contribution >= 4 is 0 Å². The highest BCUT2D eigenvalue weighted by Gasteiger charge is 2.18. The van der Waals surface area contributed by atoms with Crippen LogP contribution in [0.25, 0.3) is 0 Å². The van der Waals surface area contributed by atoms with E-state index in [0.717, 1.165) is 6.07 Å². The Hall–Kier alpha value is -1.36. The van der Waals surface area contributed by atoms with Crippen LogP contribution in [0.3, 0.4) is 0 Å². The second kappa shape index (κ2) is 4.23. The maximum atomic E-state index is 13.1. The molecule has 5 heteroatoms.